The molecule has 3 aromatic rings. The van der Waals surface area contributed by atoms with E-state index in [0.717, 1.165) is 11.1 Å². The third-order valence-electron chi connectivity index (χ3n) is 4.04. The summed E-state index contributed by atoms with van der Waals surface area (Å²) in [5.41, 5.74) is 8.92. The van der Waals surface area contributed by atoms with Crippen LogP contribution in [0.25, 0.3) is 0 Å². The minimum atomic E-state index is -0.603. The lowest BCUT2D eigenvalue weighted by Crippen LogP contribution is -2.16. The number of halogens is 1. The first-order valence-corrected chi connectivity index (χ1v) is 9.71. The molecule has 0 spiro atoms. The molecular formula is C22H20BrN3O3. The average Bonchev–Trinajstić information content (AvgIpc) is 2.72. The van der Waals surface area contributed by atoms with Crippen LogP contribution in [0.4, 0.5) is 16.2 Å². The molecule has 0 aromatic heterocycles. The zero-order valence-electron chi connectivity index (χ0n) is 15.5. The van der Waals surface area contributed by atoms with Gasteiger partial charge in [0.25, 0.3) is 5.91 Å². The zero-order chi connectivity index (χ0) is 20.6. The summed E-state index contributed by atoms with van der Waals surface area (Å²) >= 11 is 3.37. The van der Waals surface area contributed by atoms with E-state index in [0.29, 0.717) is 28.0 Å². The van der Waals surface area contributed by atoms with Crippen LogP contribution in [0, 0.1) is 0 Å². The van der Waals surface area contributed by atoms with Crippen LogP contribution in [0.5, 0.6) is 0 Å². The Balaban J connectivity index is 1.65. The molecule has 0 heterocycles. The predicted octanol–water partition coefficient (Wildman–Crippen LogP) is 4.91. The number of carbonyl (C=O) groups is 2. The summed E-state index contributed by atoms with van der Waals surface area (Å²) in [7, 11) is 0. The maximum atomic E-state index is 12.6. The first-order chi connectivity index (χ1) is 14.0. The van der Waals surface area contributed by atoms with Crippen LogP contribution < -0.4 is 16.4 Å². The van der Waals surface area contributed by atoms with E-state index in [1.807, 2.05) is 48.5 Å². The number of rotatable bonds is 6. The van der Waals surface area contributed by atoms with Crippen LogP contribution in [-0.2, 0) is 17.9 Å². The molecule has 148 valence electrons. The summed E-state index contributed by atoms with van der Waals surface area (Å²) < 4.78 is 5.87. The van der Waals surface area contributed by atoms with E-state index in [4.69, 9.17) is 10.5 Å². The Labute approximate surface area is 177 Å². The fourth-order valence-electron chi connectivity index (χ4n) is 2.65. The van der Waals surface area contributed by atoms with E-state index in [9.17, 15) is 9.59 Å². The number of anilines is 2. The molecule has 0 aliphatic heterocycles. The molecule has 6 nitrogen and oxygen atoms in total. The summed E-state index contributed by atoms with van der Waals surface area (Å²) in [5.74, 6) is -0.304. The lowest BCUT2D eigenvalue weighted by Gasteiger charge is -2.11. The number of nitrogens with two attached hydrogens (primary N) is 1. The molecule has 0 fully saturated rings. The van der Waals surface area contributed by atoms with Gasteiger partial charge in [0.15, 0.2) is 0 Å². The van der Waals surface area contributed by atoms with Crippen molar-refractivity contribution < 1.29 is 14.3 Å². The highest BCUT2D eigenvalue weighted by molar-refractivity contribution is 9.10. The van der Waals surface area contributed by atoms with E-state index in [1.165, 1.54) is 0 Å². The fraction of sp³-hybridized carbons (Fsp3) is 0.0909. The van der Waals surface area contributed by atoms with E-state index < -0.39 is 6.09 Å². The van der Waals surface area contributed by atoms with Crippen molar-refractivity contribution in [2.45, 2.75) is 13.2 Å². The van der Waals surface area contributed by atoms with Crippen molar-refractivity contribution in [2.75, 3.05) is 10.6 Å². The summed E-state index contributed by atoms with van der Waals surface area (Å²) in [6.45, 7) is 0.547. The molecule has 3 rings (SSSR count). The number of nitrogens with one attached hydrogen (secondary N) is 2. The molecule has 0 radical (unpaired) electrons. The monoisotopic (exact) mass is 453 g/mol. The highest BCUT2D eigenvalue weighted by Crippen LogP contribution is 2.21. The Morgan fingerprint density at radius 2 is 1.62 bits per heavy atom. The molecule has 0 bridgehead atoms. The van der Waals surface area contributed by atoms with Gasteiger partial charge >= 0.3 is 6.09 Å². The van der Waals surface area contributed by atoms with Gasteiger partial charge in [-0.25, -0.2) is 4.79 Å². The van der Waals surface area contributed by atoms with Gasteiger partial charge in [0.2, 0.25) is 0 Å². The smallest absolute Gasteiger partial charge is 0.411 e. The SMILES string of the molecule is NCc1cccc(NC(=O)c2cc(Br)cc(NC(=O)OCc3ccccc3)c2)c1. The summed E-state index contributed by atoms with van der Waals surface area (Å²) in [4.78, 5) is 24.7. The highest BCUT2D eigenvalue weighted by atomic mass is 79.9. The fourth-order valence-corrected chi connectivity index (χ4v) is 3.14. The molecule has 0 aliphatic rings. The quantitative estimate of drug-likeness (QED) is 0.494. The van der Waals surface area contributed by atoms with Crippen molar-refractivity contribution >= 4 is 39.3 Å². The number of hydrogen-bond acceptors (Lipinski definition) is 4. The lowest BCUT2D eigenvalue weighted by molar-refractivity contribution is 0.102. The van der Waals surface area contributed by atoms with Gasteiger partial charge in [0, 0.05) is 28.0 Å². The number of carbonyl (C=O) groups excluding carboxylic acids is 2. The van der Waals surface area contributed by atoms with Gasteiger partial charge in [-0.15, -0.1) is 0 Å². The molecule has 0 atom stereocenters. The van der Waals surface area contributed by atoms with Gasteiger partial charge in [-0.2, -0.15) is 0 Å². The average molecular weight is 454 g/mol. The van der Waals surface area contributed by atoms with Gasteiger partial charge in [-0.1, -0.05) is 58.4 Å². The molecule has 4 N–H and O–H groups in total. The van der Waals surface area contributed by atoms with Crippen molar-refractivity contribution in [2.24, 2.45) is 5.73 Å². The van der Waals surface area contributed by atoms with Gasteiger partial charge in [0.05, 0.1) is 0 Å². The van der Waals surface area contributed by atoms with Crippen LogP contribution in [0.1, 0.15) is 21.5 Å². The van der Waals surface area contributed by atoms with E-state index >= 15 is 0 Å². The van der Waals surface area contributed by atoms with Crippen LogP contribution in [0.2, 0.25) is 0 Å². The van der Waals surface area contributed by atoms with Crippen molar-refractivity contribution in [3.63, 3.8) is 0 Å². The number of benzene rings is 3. The predicted molar refractivity (Wildman–Crippen MR) is 117 cm³/mol. The number of hydrogen-bond donors (Lipinski definition) is 3. The van der Waals surface area contributed by atoms with Crippen molar-refractivity contribution in [3.8, 4) is 0 Å². The first kappa shape index (κ1) is 20.6. The van der Waals surface area contributed by atoms with E-state index in [-0.39, 0.29) is 12.5 Å². The third kappa shape index (κ3) is 6.17. The molecule has 3 aromatic carbocycles. The second-order valence-corrected chi connectivity index (χ2v) is 7.19. The van der Waals surface area contributed by atoms with Crippen molar-refractivity contribution in [1.82, 2.24) is 0 Å². The molecule has 7 heteroatoms. The standard InChI is InChI=1S/C22H20BrN3O3/c23-18-10-17(21(27)25-19-8-4-7-16(9-19)13-24)11-20(12-18)26-22(28)29-14-15-5-2-1-3-6-15/h1-12H,13-14,24H2,(H,25,27)(H,26,28). The normalized spacial score (nSPS) is 10.3. The number of ether oxygens (including phenoxy) is 1. The van der Waals surface area contributed by atoms with E-state index in [1.54, 1.807) is 24.3 Å². The maximum absolute atomic E-state index is 12.6. The van der Waals surface area contributed by atoms with Gasteiger partial charge in [-0.05, 0) is 41.5 Å². The van der Waals surface area contributed by atoms with Crippen molar-refractivity contribution in [1.29, 1.82) is 0 Å². The molecule has 0 saturated heterocycles. The zero-order valence-corrected chi connectivity index (χ0v) is 17.1. The van der Waals surface area contributed by atoms with Crippen molar-refractivity contribution in [3.05, 3.63) is 94.0 Å². The minimum Gasteiger partial charge on any atom is -0.444 e. The molecule has 29 heavy (non-hydrogen) atoms. The molecule has 2 amide bonds. The van der Waals surface area contributed by atoms with Crippen LogP contribution in [-0.4, -0.2) is 12.0 Å². The number of amides is 2. The Bertz CT molecular complexity index is 1010. The Morgan fingerprint density at radius 3 is 2.38 bits per heavy atom. The Hall–Kier alpha value is -3.16. The largest absolute Gasteiger partial charge is 0.444 e. The third-order valence-corrected chi connectivity index (χ3v) is 4.50. The van der Waals surface area contributed by atoms with Crippen LogP contribution in [0.15, 0.2) is 77.3 Å². The Kier molecular flexibility index (Phi) is 6.99. The maximum Gasteiger partial charge on any atom is 0.411 e. The Morgan fingerprint density at radius 1 is 0.862 bits per heavy atom. The lowest BCUT2D eigenvalue weighted by atomic mass is 10.1. The van der Waals surface area contributed by atoms with Gasteiger partial charge < -0.3 is 15.8 Å². The second-order valence-electron chi connectivity index (χ2n) is 6.27. The second kappa shape index (κ2) is 9.86. The highest BCUT2D eigenvalue weighted by Gasteiger charge is 2.11. The van der Waals surface area contributed by atoms with Gasteiger partial charge in [0.1, 0.15) is 6.61 Å². The van der Waals surface area contributed by atoms with E-state index in [2.05, 4.69) is 26.6 Å². The molecule has 0 saturated carbocycles. The summed E-state index contributed by atoms with van der Waals surface area (Å²) in [5, 5.41) is 5.47. The van der Waals surface area contributed by atoms with Gasteiger partial charge in [-0.3, -0.25) is 10.1 Å². The molecule has 0 unspecified atom stereocenters. The van der Waals surface area contributed by atoms with Crippen LogP contribution >= 0.6 is 15.9 Å². The van der Waals surface area contributed by atoms with Crippen LogP contribution in [0.3, 0.4) is 0 Å². The summed E-state index contributed by atoms with van der Waals surface area (Å²) in [6.07, 6.45) is -0.603. The minimum absolute atomic E-state index is 0.158. The topological polar surface area (TPSA) is 93.5 Å². The first-order valence-electron chi connectivity index (χ1n) is 8.92. The molecule has 0 aliphatic carbocycles. The molecular weight excluding hydrogens is 434 g/mol. The summed E-state index contributed by atoms with van der Waals surface area (Å²) in [6, 6.07) is 21.6.